The highest BCUT2D eigenvalue weighted by atomic mass is 32.2. The average molecular weight is 458 g/mol. The van der Waals surface area contributed by atoms with E-state index in [1.807, 2.05) is 31.4 Å². The number of hydrogen-bond donors (Lipinski definition) is 1. The maximum Gasteiger partial charge on any atom is 0.257 e. The second-order valence-corrected chi connectivity index (χ2v) is 10.2. The zero-order chi connectivity index (χ0) is 22.0. The van der Waals surface area contributed by atoms with Gasteiger partial charge in [-0.25, -0.2) is 13.4 Å². The summed E-state index contributed by atoms with van der Waals surface area (Å²) in [5, 5.41) is 5.14. The van der Waals surface area contributed by atoms with E-state index in [9.17, 15) is 13.2 Å². The second kappa shape index (κ2) is 8.88. The Morgan fingerprint density at radius 2 is 1.90 bits per heavy atom. The Morgan fingerprint density at radius 3 is 2.68 bits per heavy atom. The summed E-state index contributed by atoms with van der Waals surface area (Å²) in [4.78, 5) is 17.4. The molecule has 1 saturated heterocycles. The van der Waals surface area contributed by atoms with Crippen LogP contribution in [-0.4, -0.2) is 49.9 Å². The molecule has 7 nitrogen and oxygen atoms in total. The number of hydrogen-bond acceptors (Lipinski definition) is 6. The molecule has 1 aliphatic heterocycles. The van der Waals surface area contributed by atoms with E-state index in [2.05, 4.69) is 16.4 Å². The normalized spacial score (nSPS) is 15.0. The van der Waals surface area contributed by atoms with E-state index in [0.717, 1.165) is 22.4 Å². The van der Waals surface area contributed by atoms with Crippen LogP contribution in [0.25, 0.3) is 11.3 Å². The Kier molecular flexibility index (Phi) is 6.19. The van der Waals surface area contributed by atoms with Crippen LogP contribution in [0.4, 0.5) is 5.13 Å². The number of thiazole rings is 1. The lowest BCUT2D eigenvalue weighted by molar-refractivity contribution is 0.0730. The van der Waals surface area contributed by atoms with Gasteiger partial charge in [0, 0.05) is 29.6 Å². The molecule has 2 heterocycles. The van der Waals surface area contributed by atoms with Crippen LogP contribution in [0.1, 0.15) is 21.5 Å². The SMILES string of the molecule is Cc1ccc(C)c(-c2csc(NC(=O)c3cccc(S(=O)(=O)N4CCOCC4)c3)n2)c1. The first-order valence-corrected chi connectivity index (χ1v) is 12.2. The molecule has 4 rings (SSSR count). The van der Waals surface area contributed by atoms with E-state index in [0.29, 0.717) is 31.4 Å². The zero-order valence-corrected chi connectivity index (χ0v) is 18.9. The van der Waals surface area contributed by atoms with Gasteiger partial charge < -0.3 is 4.74 Å². The van der Waals surface area contributed by atoms with Gasteiger partial charge in [0.05, 0.1) is 23.8 Å². The summed E-state index contributed by atoms with van der Waals surface area (Å²) in [5.74, 6) is -0.402. The third-order valence-electron chi connectivity index (χ3n) is 5.10. The Labute approximate surface area is 185 Å². The third-order valence-corrected chi connectivity index (χ3v) is 7.75. The third kappa shape index (κ3) is 4.69. The molecule has 1 fully saturated rings. The lowest BCUT2D eigenvalue weighted by Gasteiger charge is -2.26. The molecule has 1 aliphatic rings. The first-order valence-electron chi connectivity index (χ1n) is 9.87. The second-order valence-electron chi connectivity index (χ2n) is 7.35. The number of sulfonamides is 1. The quantitative estimate of drug-likeness (QED) is 0.631. The van der Waals surface area contributed by atoms with Crippen molar-refractivity contribution in [2.75, 3.05) is 31.6 Å². The molecular weight excluding hydrogens is 434 g/mol. The topological polar surface area (TPSA) is 88.6 Å². The number of ether oxygens (including phenoxy) is 1. The van der Waals surface area contributed by atoms with Crippen LogP contribution in [0, 0.1) is 13.8 Å². The van der Waals surface area contributed by atoms with Gasteiger partial charge in [-0.1, -0.05) is 23.8 Å². The Balaban J connectivity index is 1.53. The van der Waals surface area contributed by atoms with Gasteiger partial charge in [-0.2, -0.15) is 4.31 Å². The largest absolute Gasteiger partial charge is 0.379 e. The van der Waals surface area contributed by atoms with Crippen molar-refractivity contribution in [1.82, 2.24) is 9.29 Å². The summed E-state index contributed by atoms with van der Waals surface area (Å²) >= 11 is 1.33. The van der Waals surface area contributed by atoms with E-state index >= 15 is 0 Å². The molecule has 0 bridgehead atoms. The van der Waals surface area contributed by atoms with Crippen molar-refractivity contribution < 1.29 is 17.9 Å². The van der Waals surface area contributed by atoms with Gasteiger partial charge in [0.2, 0.25) is 10.0 Å². The monoisotopic (exact) mass is 457 g/mol. The summed E-state index contributed by atoms with van der Waals surface area (Å²) in [6.45, 7) is 5.39. The maximum atomic E-state index is 12.9. The summed E-state index contributed by atoms with van der Waals surface area (Å²) in [6.07, 6.45) is 0. The van der Waals surface area contributed by atoms with Crippen LogP contribution in [0.5, 0.6) is 0 Å². The Bertz CT molecular complexity index is 1210. The van der Waals surface area contributed by atoms with Gasteiger partial charge in [0.15, 0.2) is 5.13 Å². The van der Waals surface area contributed by atoms with Gasteiger partial charge in [-0.3, -0.25) is 10.1 Å². The molecule has 1 N–H and O–H groups in total. The van der Waals surface area contributed by atoms with Crippen molar-refractivity contribution in [3.63, 3.8) is 0 Å². The molecule has 31 heavy (non-hydrogen) atoms. The van der Waals surface area contributed by atoms with Crippen LogP contribution in [-0.2, 0) is 14.8 Å². The molecule has 9 heteroatoms. The van der Waals surface area contributed by atoms with Crippen LogP contribution in [0.2, 0.25) is 0 Å². The van der Waals surface area contributed by atoms with Crippen LogP contribution >= 0.6 is 11.3 Å². The van der Waals surface area contributed by atoms with E-state index in [-0.39, 0.29) is 10.5 Å². The molecule has 162 valence electrons. The van der Waals surface area contributed by atoms with Gasteiger partial charge in [-0.15, -0.1) is 11.3 Å². The number of rotatable bonds is 5. The fraction of sp³-hybridized carbons (Fsp3) is 0.273. The molecule has 0 spiro atoms. The summed E-state index contributed by atoms with van der Waals surface area (Å²) in [5.41, 5.74) is 4.32. The highest BCUT2D eigenvalue weighted by molar-refractivity contribution is 7.89. The number of aryl methyl sites for hydroxylation is 2. The van der Waals surface area contributed by atoms with Crippen molar-refractivity contribution >= 4 is 32.4 Å². The van der Waals surface area contributed by atoms with Crippen molar-refractivity contribution in [1.29, 1.82) is 0 Å². The maximum absolute atomic E-state index is 12.9. The summed E-state index contributed by atoms with van der Waals surface area (Å²) < 4.78 is 32.3. The Hall–Kier alpha value is -2.59. The molecule has 0 aliphatic carbocycles. The lowest BCUT2D eigenvalue weighted by atomic mass is 10.0. The number of carbonyl (C=O) groups excluding carboxylic acids is 1. The molecule has 3 aromatic rings. The molecule has 1 aromatic heterocycles. The van der Waals surface area contributed by atoms with Crippen molar-refractivity contribution in [2.24, 2.45) is 0 Å². The molecule has 1 amide bonds. The smallest absolute Gasteiger partial charge is 0.257 e. The van der Waals surface area contributed by atoms with Gasteiger partial charge in [-0.05, 0) is 43.7 Å². The first kappa shape index (κ1) is 21.6. The van der Waals surface area contributed by atoms with Gasteiger partial charge in [0.1, 0.15) is 0 Å². The fourth-order valence-corrected chi connectivity index (χ4v) is 5.53. The van der Waals surface area contributed by atoms with Crippen LogP contribution in [0.3, 0.4) is 0 Å². The highest BCUT2D eigenvalue weighted by Gasteiger charge is 2.27. The van der Waals surface area contributed by atoms with E-state index < -0.39 is 15.9 Å². The molecule has 0 unspecified atom stereocenters. The molecular formula is C22H23N3O4S2. The summed E-state index contributed by atoms with van der Waals surface area (Å²) in [6, 6.07) is 12.2. The van der Waals surface area contributed by atoms with E-state index in [1.165, 1.54) is 27.8 Å². The number of nitrogens with one attached hydrogen (secondary N) is 1. The van der Waals surface area contributed by atoms with Crippen molar-refractivity contribution in [3.05, 3.63) is 64.5 Å². The van der Waals surface area contributed by atoms with Gasteiger partial charge >= 0.3 is 0 Å². The zero-order valence-electron chi connectivity index (χ0n) is 17.3. The number of anilines is 1. The predicted molar refractivity (Wildman–Crippen MR) is 121 cm³/mol. The fourth-order valence-electron chi connectivity index (χ4n) is 3.37. The number of aromatic nitrogens is 1. The van der Waals surface area contributed by atoms with E-state index in [1.54, 1.807) is 12.1 Å². The standard InChI is InChI=1S/C22H23N3O4S2/c1-15-6-7-16(2)19(12-15)20-14-30-22(23-20)24-21(26)17-4-3-5-18(13-17)31(27,28)25-8-10-29-11-9-25/h3-7,12-14H,8-11H2,1-2H3,(H,23,24,26). The minimum atomic E-state index is -3.67. The van der Waals surface area contributed by atoms with Crippen molar-refractivity contribution in [3.8, 4) is 11.3 Å². The summed E-state index contributed by atoms with van der Waals surface area (Å²) in [7, 11) is -3.67. The molecule has 0 radical (unpaired) electrons. The Morgan fingerprint density at radius 1 is 1.13 bits per heavy atom. The number of carbonyl (C=O) groups is 1. The minimum Gasteiger partial charge on any atom is -0.379 e. The first-order chi connectivity index (χ1) is 14.8. The predicted octanol–water partition coefficient (Wildman–Crippen LogP) is 3.70. The number of amides is 1. The number of morpholine rings is 1. The minimum absolute atomic E-state index is 0.0947. The lowest BCUT2D eigenvalue weighted by Crippen LogP contribution is -2.40. The average Bonchev–Trinajstić information content (AvgIpc) is 3.24. The number of nitrogens with zero attached hydrogens (tertiary/aromatic N) is 2. The highest BCUT2D eigenvalue weighted by Crippen LogP contribution is 2.28. The van der Waals surface area contributed by atoms with Crippen molar-refractivity contribution in [2.45, 2.75) is 18.7 Å². The molecule has 0 saturated carbocycles. The molecule has 0 atom stereocenters. The molecule has 2 aromatic carbocycles. The van der Waals surface area contributed by atoms with Crippen LogP contribution < -0.4 is 5.32 Å². The van der Waals surface area contributed by atoms with Crippen LogP contribution in [0.15, 0.2) is 52.7 Å². The number of benzene rings is 2. The van der Waals surface area contributed by atoms with E-state index in [4.69, 9.17) is 4.74 Å². The van der Waals surface area contributed by atoms with Gasteiger partial charge in [0.25, 0.3) is 5.91 Å².